The maximum absolute atomic E-state index is 12.4. The summed E-state index contributed by atoms with van der Waals surface area (Å²) in [7, 11) is 0. The molecule has 7 nitrogen and oxygen atoms in total. The Labute approximate surface area is 203 Å². The quantitative estimate of drug-likeness (QED) is 0.304. The molecule has 35 heavy (non-hydrogen) atoms. The average molecular weight is 470 g/mol. The third kappa shape index (κ3) is 5.35. The normalized spacial score (nSPS) is 13.1. The summed E-state index contributed by atoms with van der Waals surface area (Å²) >= 11 is 0. The van der Waals surface area contributed by atoms with Gasteiger partial charge in [0.05, 0.1) is 17.7 Å². The zero-order valence-electron chi connectivity index (χ0n) is 19.6. The van der Waals surface area contributed by atoms with Gasteiger partial charge >= 0.3 is 5.97 Å². The first-order valence-electron chi connectivity index (χ1n) is 11.8. The van der Waals surface area contributed by atoms with Crippen molar-refractivity contribution in [2.24, 2.45) is 0 Å². The molecule has 0 saturated heterocycles. The summed E-state index contributed by atoms with van der Waals surface area (Å²) < 4.78 is 19.1. The van der Waals surface area contributed by atoms with Crippen LogP contribution >= 0.6 is 0 Å². The van der Waals surface area contributed by atoms with Crippen molar-refractivity contribution < 1.29 is 18.7 Å². The van der Waals surface area contributed by atoms with E-state index in [2.05, 4.69) is 28.2 Å². The molecule has 7 heteroatoms. The standard InChI is InChI=1S/C28H27N3O4/c1-20-24(30-28(35-20)22-10-6-3-7-11-22)14-17-33-25-12-15-29-27-23(25)13-16-31(27)18-26(32)34-19-21-8-4-2-5-9-21/h2,4-6,8-13,15-16H,3,7,14,17-19H2,1H3. The highest BCUT2D eigenvalue weighted by Crippen LogP contribution is 2.26. The summed E-state index contributed by atoms with van der Waals surface area (Å²) in [4.78, 5) is 21.5. The fourth-order valence-electron chi connectivity index (χ4n) is 4.06. The summed E-state index contributed by atoms with van der Waals surface area (Å²) in [6.07, 6.45) is 12.6. The van der Waals surface area contributed by atoms with Crippen LogP contribution in [-0.4, -0.2) is 27.1 Å². The van der Waals surface area contributed by atoms with E-state index in [0.29, 0.717) is 30.3 Å². The number of fused-ring (bicyclic) bond motifs is 1. The number of benzene rings is 1. The van der Waals surface area contributed by atoms with Crippen molar-refractivity contribution in [3.63, 3.8) is 0 Å². The number of aryl methyl sites for hydroxylation is 1. The molecule has 0 fully saturated rings. The highest BCUT2D eigenvalue weighted by atomic mass is 16.5. The van der Waals surface area contributed by atoms with E-state index in [0.717, 1.165) is 40.8 Å². The van der Waals surface area contributed by atoms with Crippen LogP contribution in [0.5, 0.6) is 5.75 Å². The van der Waals surface area contributed by atoms with Crippen LogP contribution in [0.2, 0.25) is 0 Å². The minimum atomic E-state index is -0.320. The van der Waals surface area contributed by atoms with Crippen molar-refractivity contribution in [3.8, 4) is 5.75 Å². The van der Waals surface area contributed by atoms with Gasteiger partial charge in [-0.15, -0.1) is 0 Å². The van der Waals surface area contributed by atoms with Crippen LogP contribution < -0.4 is 4.74 Å². The Bertz CT molecular complexity index is 1380. The van der Waals surface area contributed by atoms with E-state index in [9.17, 15) is 4.79 Å². The van der Waals surface area contributed by atoms with Gasteiger partial charge in [-0.2, -0.15) is 0 Å². The second-order valence-electron chi connectivity index (χ2n) is 8.40. The maximum atomic E-state index is 12.4. The number of ether oxygens (including phenoxy) is 2. The van der Waals surface area contributed by atoms with Crippen LogP contribution in [0.1, 0.15) is 35.7 Å². The number of esters is 1. The van der Waals surface area contributed by atoms with E-state index in [1.54, 1.807) is 10.8 Å². The van der Waals surface area contributed by atoms with Gasteiger partial charge < -0.3 is 18.5 Å². The fraction of sp³-hybridized carbons (Fsp3) is 0.250. The molecule has 0 radical (unpaired) electrons. The Balaban J connectivity index is 1.20. The highest BCUT2D eigenvalue weighted by Gasteiger charge is 2.15. The van der Waals surface area contributed by atoms with Gasteiger partial charge in [0.25, 0.3) is 0 Å². The number of aromatic nitrogens is 3. The van der Waals surface area contributed by atoms with Gasteiger partial charge in [-0.3, -0.25) is 4.79 Å². The van der Waals surface area contributed by atoms with E-state index in [-0.39, 0.29) is 19.1 Å². The Hall–Kier alpha value is -4.13. The molecule has 0 bridgehead atoms. The Kier molecular flexibility index (Phi) is 6.75. The minimum Gasteiger partial charge on any atom is -0.492 e. The molecule has 0 spiro atoms. The molecule has 1 aliphatic carbocycles. The number of allylic oxidation sites excluding steroid dienone is 4. The summed E-state index contributed by atoms with van der Waals surface area (Å²) in [6, 6.07) is 13.4. The number of nitrogens with zero attached hydrogens (tertiary/aromatic N) is 3. The fourth-order valence-corrected chi connectivity index (χ4v) is 4.06. The molecule has 0 N–H and O–H groups in total. The smallest absolute Gasteiger partial charge is 0.326 e. The lowest BCUT2D eigenvalue weighted by Crippen LogP contribution is -2.13. The zero-order chi connectivity index (χ0) is 24.0. The molecule has 0 atom stereocenters. The highest BCUT2D eigenvalue weighted by molar-refractivity contribution is 5.84. The molecule has 1 aliphatic rings. The molecule has 1 aromatic carbocycles. The number of carbonyl (C=O) groups is 1. The number of pyridine rings is 1. The molecule has 3 aromatic heterocycles. The first-order valence-corrected chi connectivity index (χ1v) is 11.8. The van der Waals surface area contributed by atoms with Crippen molar-refractivity contribution in [1.82, 2.24) is 14.5 Å². The SMILES string of the molecule is Cc1oc(C2=CCCC=C2)nc1CCOc1ccnc2c1ccn2CC(=O)OCc1ccccc1. The van der Waals surface area contributed by atoms with Crippen molar-refractivity contribution in [2.45, 2.75) is 39.3 Å². The topological polar surface area (TPSA) is 79.4 Å². The number of rotatable bonds is 9. The van der Waals surface area contributed by atoms with Crippen molar-refractivity contribution >= 4 is 22.6 Å². The molecular weight excluding hydrogens is 442 g/mol. The minimum absolute atomic E-state index is 0.0813. The van der Waals surface area contributed by atoms with Gasteiger partial charge in [0.15, 0.2) is 0 Å². The summed E-state index contributed by atoms with van der Waals surface area (Å²) in [6.45, 7) is 2.71. The zero-order valence-corrected chi connectivity index (χ0v) is 19.6. The third-order valence-corrected chi connectivity index (χ3v) is 5.90. The predicted molar refractivity (Wildman–Crippen MR) is 133 cm³/mol. The van der Waals surface area contributed by atoms with Gasteiger partial charge in [0, 0.05) is 24.4 Å². The molecule has 178 valence electrons. The molecule has 0 aliphatic heterocycles. The van der Waals surface area contributed by atoms with E-state index in [1.807, 2.05) is 55.6 Å². The molecule has 4 aromatic rings. The number of hydrogen-bond donors (Lipinski definition) is 0. The van der Waals surface area contributed by atoms with Crippen molar-refractivity contribution in [1.29, 1.82) is 0 Å². The van der Waals surface area contributed by atoms with E-state index in [1.165, 1.54) is 0 Å². The van der Waals surface area contributed by atoms with Crippen LogP contribution in [-0.2, 0) is 29.1 Å². The van der Waals surface area contributed by atoms with Crippen LogP contribution in [0, 0.1) is 6.92 Å². The van der Waals surface area contributed by atoms with Gasteiger partial charge in [-0.25, -0.2) is 9.97 Å². The second-order valence-corrected chi connectivity index (χ2v) is 8.40. The van der Waals surface area contributed by atoms with Crippen LogP contribution in [0.15, 0.2) is 77.5 Å². The largest absolute Gasteiger partial charge is 0.492 e. The molecule has 3 heterocycles. The monoisotopic (exact) mass is 469 g/mol. The predicted octanol–water partition coefficient (Wildman–Crippen LogP) is 5.43. The lowest BCUT2D eigenvalue weighted by Gasteiger charge is -2.09. The van der Waals surface area contributed by atoms with Gasteiger partial charge in [-0.05, 0) is 37.5 Å². The van der Waals surface area contributed by atoms with Crippen LogP contribution in [0.3, 0.4) is 0 Å². The van der Waals surface area contributed by atoms with E-state index >= 15 is 0 Å². The molecular formula is C28H27N3O4. The van der Waals surface area contributed by atoms with Gasteiger partial charge in [0.1, 0.15) is 30.3 Å². The third-order valence-electron chi connectivity index (χ3n) is 5.90. The lowest BCUT2D eigenvalue weighted by molar-refractivity contribution is -0.145. The van der Waals surface area contributed by atoms with E-state index < -0.39 is 0 Å². The summed E-state index contributed by atoms with van der Waals surface area (Å²) in [5.41, 5.74) is 3.55. The molecule has 0 unspecified atom stereocenters. The number of oxazole rings is 1. The molecule has 0 saturated carbocycles. The average Bonchev–Trinajstić information content (AvgIpc) is 3.48. The number of hydrogen-bond acceptors (Lipinski definition) is 6. The first kappa shape index (κ1) is 22.7. The van der Waals surface area contributed by atoms with Crippen LogP contribution in [0.25, 0.3) is 16.6 Å². The van der Waals surface area contributed by atoms with Crippen molar-refractivity contribution in [3.05, 3.63) is 96.0 Å². The lowest BCUT2D eigenvalue weighted by atomic mass is 10.1. The summed E-state index contributed by atoms with van der Waals surface area (Å²) in [5, 5.41) is 0.846. The second kappa shape index (κ2) is 10.4. The number of carbonyl (C=O) groups excluding carboxylic acids is 1. The Morgan fingerprint density at radius 3 is 2.86 bits per heavy atom. The van der Waals surface area contributed by atoms with Crippen molar-refractivity contribution in [2.75, 3.05) is 6.61 Å². The Morgan fingerprint density at radius 2 is 2.03 bits per heavy atom. The molecule has 0 amide bonds. The van der Waals surface area contributed by atoms with E-state index in [4.69, 9.17) is 13.9 Å². The van der Waals surface area contributed by atoms with Crippen LogP contribution in [0.4, 0.5) is 0 Å². The first-order chi connectivity index (χ1) is 17.2. The van der Waals surface area contributed by atoms with Gasteiger partial charge in [-0.1, -0.05) is 48.6 Å². The summed E-state index contributed by atoms with van der Waals surface area (Å²) in [5.74, 6) is 1.87. The Morgan fingerprint density at radius 1 is 1.14 bits per heavy atom. The maximum Gasteiger partial charge on any atom is 0.326 e. The van der Waals surface area contributed by atoms with Gasteiger partial charge in [0.2, 0.25) is 5.89 Å². The molecule has 5 rings (SSSR count).